The highest BCUT2D eigenvalue weighted by molar-refractivity contribution is 7.55. The van der Waals surface area contributed by atoms with Crippen molar-refractivity contribution in [3.63, 3.8) is 0 Å². The van der Waals surface area contributed by atoms with E-state index in [1.165, 1.54) is 19.3 Å². The fourth-order valence-electron chi connectivity index (χ4n) is 5.19. The van der Waals surface area contributed by atoms with E-state index < -0.39 is 7.55 Å². The summed E-state index contributed by atoms with van der Waals surface area (Å²) in [7, 11) is -0.399. The zero-order valence-electron chi connectivity index (χ0n) is 23.6. The summed E-state index contributed by atoms with van der Waals surface area (Å²) in [5.41, 5.74) is 0. The van der Waals surface area contributed by atoms with Crippen LogP contribution >= 0.6 is 7.55 Å². The van der Waals surface area contributed by atoms with Gasteiger partial charge in [0.1, 0.15) is 7.55 Å². The van der Waals surface area contributed by atoms with Crippen LogP contribution in [-0.2, 0) is 23.7 Å². The highest BCUT2D eigenvalue weighted by Gasteiger charge is 2.45. The molecule has 11 unspecified atom stereocenters. The van der Waals surface area contributed by atoms with Gasteiger partial charge in [0.05, 0.1) is 37.9 Å². The molecule has 0 radical (unpaired) electrons. The summed E-state index contributed by atoms with van der Waals surface area (Å²) in [6.07, 6.45) is 13.6. The summed E-state index contributed by atoms with van der Waals surface area (Å²) < 4.78 is 32.1. The predicted octanol–water partition coefficient (Wildman–Crippen LogP) is 7.23. The molecule has 0 aromatic heterocycles. The normalized spacial score (nSPS) is 37.1. The quantitative estimate of drug-likeness (QED) is 0.131. The van der Waals surface area contributed by atoms with Gasteiger partial charge in [-0.1, -0.05) is 53.5 Å². The van der Waals surface area contributed by atoms with E-state index in [4.69, 9.17) is 23.7 Å². The van der Waals surface area contributed by atoms with Gasteiger partial charge >= 0.3 is 0 Å². The van der Waals surface area contributed by atoms with E-state index in [1.54, 1.807) is 0 Å². The Kier molecular flexibility index (Phi) is 14.0. The van der Waals surface area contributed by atoms with Gasteiger partial charge in [-0.3, -0.25) is 0 Å². The van der Waals surface area contributed by atoms with Crippen molar-refractivity contribution in [1.29, 1.82) is 0 Å². The van der Waals surface area contributed by atoms with Gasteiger partial charge in [-0.2, -0.15) is 0 Å². The lowest BCUT2D eigenvalue weighted by Crippen LogP contribution is -2.54. The van der Waals surface area contributed by atoms with Crippen molar-refractivity contribution in [2.45, 2.75) is 123 Å². The molecule has 0 aromatic carbocycles. The molecule has 11 atom stereocenters. The number of unbranched alkanes of at least 4 members (excludes halogenated alkanes) is 4. The van der Waals surface area contributed by atoms with E-state index in [2.05, 4.69) is 61.1 Å². The minimum absolute atomic E-state index is 0.00347. The van der Waals surface area contributed by atoms with Crippen molar-refractivity contribution in [2.24, 2.45) is 23.7 Å². The monoisotopic (exact) mass is 513 g/mol. The van der Waals surface area contributed by atoms with E-state index in [9.17, 15) is 0 Å². The van der Waals surface area contributed by atoms with Crippen molar-refractivity contribution < 1.29 is 23.7 Å². The molecule has 0 aliphatic carbocycles. The molecule has 5 nitrogen and oxygen atoms in total. The van der Waals surface area contributed by atoms with Gasteiger partial charge in [0, 0.05) is 31.8 Å². The van der Waals surface area contributed by atoms with Crippen molar-refractivity contribution in [3.05, 3.63) is 12.7 Å². The number of ether oxygens (including phenoxy) is 5. The van der Waals surface area contributed by atoms with E-state index in [-0.39, 0.29) is 48.6 Å². The number of hydrogen-bond acceptors (Lipinski definition) is 5. The minimum atomic E-state index is -0.399. The lowest BCUT2D eigenvalue weighted by molar-refractivity contribution is -0.314. The molecule has 204 valence electrons. The summed E-state index contributed by atoms with van der Waals surface area (Å²) >= 11 is 0. The second-order valence-electron chi connectivity index (χ2n) is 11.0. The highest BCUT2D eigenvalue weighted by Crippen LogP contribution is 2.38. The zero-order valence-corrected chi connectivity index (χ0v) is 24.5. The van der Waals surface area contributed by atoms with Crippen LogP contribution in [0.4, 0.5) is 0 Å². The third kappa shape index (κ3) is 9.51. The molecule has 0 amide bonds. The topological polar surface area (TPSA) is 46.2 Å². The minimum Gasteiger partial charge on any atom is -0.352 e. The average molecular weight is 514 g/mol. The largest absolute Gasteiger partial charge is 0.352 e. The molecule has 0 N–H and O–H groups in total. The Morgan fingerprint density at radius 2 is 1.71 bits per heavy atom. The van der Waals surface area contributed by atoms with Crippen LogP contribution in [0.5, 0.6) is 0 Å². The first-order valence-corrected chi connectivity index (χ1v) is 16.1. The smallest absolute Gasteiger partial charge is 0.211 e. The van der Waals surface area contributed by atoms with Gasteiger partial charge in [0.25, 0.3) is 0 Å². The third-order valence-electron chi connectivity index (χ3n) is 8.15. The first-order valence-electron chi connectivity index (χ1n) is 14.0. The molecule has 2 saturated heterocycles. The van der Waals surface area contributed by atoms with Crippen molar-refractivity contribution in [1.82, 2.24) is 0 Å². The maximum atomic E-state index is 6.74. The first kappa shape index (κ1) is 30.9. The standard InChI is InChI=1S/C29H54O5P/c1-10-12-13-14-15-16-17-30-29-23(6)28(22(5)26(33-29)19-31-24(7)35(8)9)34-27-18-20(3)21(4)25(11-2)32-27/h10,20-29H,1,8,11-19H2,2-7,9H3/q+1. The zero-order chi connectivity index (χ0) is 26.0. The molecule has 0 saturated carbocycles. The van der Waals surface area contributed by atoms with Crippen LogP contribution in [0.25, 0.3) is 0 Å². The number of hydrogen-bond donors (Lipinski definition) is 0. The molecule has 2 heterocycles. The predicted molar refractivity (Wildman–Crippen MR) is 148 cm³/mol. The van der Waals surface area contributed by atoms with Crippen LogP contribution in [-0.4, -0.2) is 62.9 Å². The van der Waals surface area contributed by atoms with Gasteiger partial charge < -0.3 is 23.7 Å². The fourth-order valence-corrected chi connectivity index (χ4v) is 5.53. The maximum absolute atomic E-state index is 6.74. The molecule has 0 spiro atoms. The van der Waals surface area contributed by atoms with E-state index in [0.717, 1.165) is 25.7 Å². The second kappa shape index (κ2) is 15.8. The van der Waals surface area contributed by atoms with Crippen LogP contribution < -0.4 is 0 Å². The summed E-state index contributed by atoms with van der Waals surface area (Å²) in [6.45, 7) is 20.5. The van der Waals surface area contributed by atoms with E-state index in [0.29, 0.717) is 25.0 Å². The van der Waals surface area contributed by atoms with Crippen LogP contribution in [0, 0.1) is 23.7 Å². The van der Waals surface area contributed by atoms with Crippen LogP contribution in [0.15, 0.2) is 12.7 Å². The van der Waals surface area contributed by atoms with Crippen LogP contribution in [0.3, 0.4) is 0 Å². The summed E-state index contributed by atoms with van der Waals surface area (Å²) in [6, 6.07) is 0. The van der Waals surface area contributed by atoms with Crippen molar-refractivity contribution in [3.8, 4) is 0 Å². The van der Waals surface area contributed by atoms with Crippen LogP contribution in [0.2, 0.25) is 0 Å². The van der Waals surface area contributed by atoms with Gasteiger partial charge in [0.2, 0.25) is 5.85 Å². The van der Waals surface area contributed by atoms with Crippen LogP contribution in [0.1, 0.15) is 86.5 Å². The summed E-state index contributed by atoms with van der Waals surface area (Å²) in [5.74, 6) is 1.58. The Hall–Kier alpha value is -0.290. The molecule has 0 bridgehead atoms. The average Bonchev–Trinajstić information content (AvgIpc) is 2.83. The molecule has 0 aromatic rings. The molecule has 2 fully saturated rings. The molecular formula is C29H54O5P+. The number of allylic oxidation sites excluding steroid dienone is 1. The highest BCUT2D eigenvalue weighted by atomic mass is 31.1. The summed E-state index contributed by atoms with van der Waals surface area (Å²) in [4.78, 5) is 0. The fraction of sp³-hybridized carbons (Fsp3) is 0.897. The Bertz CT molecular complexity index is 628. The lowest BCUT2D eigenvalue weighted by Gasteiger charge is -2.47. The SMILES string of the molecule is C=CCCCCCCOC1OC(COC(C)[P+](=C)C)C(C)C(OC2CC(C)C(C)C(CC)O2)C1C. The van der Waals surface area contributed by atoms with Gasteiger partial charge in [0.15, 0.2) is 12.6 Å². The van der Waals surface area contributed by atoms with Crippen molar-refractivity contribution >= 4 is 13.8 Å². The van der Waals surface area contributed by atoms with E-state index in [1.807, 2.05) is 6.08 Å². The lowest BCUT2D eigenvalue weighted by atomic mass is 9.83. The maximum Gasteiger partial charge on any atom is 0.211 e. The van der Waals surface area contributed by atoms with E-state index >= 15 is 0 Å². The Morgan fingerprint density at radius 3 is 2.37 bits per heavy atom. The second-order valence-corrected chi connectivity index (χ2v) is 13.2. The molecule has 2 rings (SSSR count). The van der Waals surface area contributed by atoms with Gasteiger partial charge in [-0.15, -0.1) is 6.58 Å². The Morgan fingerprint density at radius 1 is 1.00 bits per heavy atom. The molecule has 35 heavy (non-hydrogen) atoms. The van der Waals surface area contributed by atoms with Gasteiger partial charge in [-0.25, -0.2) is 0 Å². The Labute approximate surface area is 217 Å². The molecule has 2 aliphatic heterocycles. The molecule has 2 aliphatic rings. The molecular weight excluding hydrogens is 459 g/mol. The first-order chi connectivity index (χ1) is 16.7. The molecule has 6 heteroatoms. The number of rotatable bonds is 15. The Balaban J connectivity index is 2.02. The summed E-state index contributed by atoms with van der Waals surface area (Å²) in [5, 5.41) is 0. The van der Waals surface area contributed by atoms with Gasteiger partial charge in [-0.05, 0) is 37.5 Å². The third-order valence-corrected chi connectivity index (χ3v) is 9.54. The van der Waals surface area contributed by atoms with Crippen molar-refractivity contribution in [2.75, 3.05) is 19.9 Å².